The minimum Gasteiger partial charge on any atom is -0.465 e. The average molecular weight is 238 g/mol. The van der Waals surface area contributed by atoms with Crippen LogP contribution in [-0.4, -0.2) is 18.0 Å². The number of rotatable bonds is 2. The molecule has 0 fully saturated rings. The van der Waals surface area contributed by atoms with Crippen molar-refractivity contribution >= 4 is 24.3 Å². The average Bonchev–Trinajstić information content (AvgIpc) is 2.26. The first-order valence-corrected chi connectivity index (χ1v) is 4.45. The highest BCUT2D eigenvalue weighted by atomic mass is 32.1. The summed E-state index contributed by atoms with van der Waals surface area (Å²) in [6, 6.07) is 4.05. The maximum atomic E-state index is 11.3. The maximum absolute atomic E-state index is 11.3. The molecule has 82 valence electrons. The Hall–Kier alpha value is -2.07. The molecule has 1 rings (SSSR count). The molecule has 0 N–H and O–H groups in total. The standard InChI is InChI=1S/C9H6N2O4S/c1-15-9(12)8-5(4-10)2-6(16)3-7(8)11(13)14/h2-3,16H,1H3. The van der Waals surface area contributed by atoms with Crippen LogP contribution < -0.4 is 0 Å². The summed E-state index contributed by atoms with van der Waals surface area (Å²) in [4.78, 5) is 21.5. The molecule has 0 atom stereocenters. The number of nitrogens with zero attached hydrogens (tertiary/aromatic N) is 2. The zero-order valence-corrected chi connectivity index (χ0v) is 9.02. The van der Waals surface area contributed by atoms with Gasteiger partial charge in [0.25, 0.3) is 5.69 Å². The van der Waals surface area contributed by atoms with Crippen LogP contribution >= 0.6 is 12.6 Å². The molecule has 0 radical (unpaired) electrons. The third kappa shape index (κ3) is 2.12. The first-order valence-electron chi connectivity index (χ1n) is 4.01. The van der Waals surface area contributed by atoms with E-state index >= 15 is 0 Å². The molecular formula is C9H6N2O4S. The molecule has 1 aromatic rings. The zero-order valence-electron chi connectivity index (χ0n) is 8.13. The van der Waals surface area contributed by atoms with E-state index in [4.69, 9.17) is 5.26 Å². The highest BCUT2D eigenvalue weighted by Crippen LogP contribution is 2.26. The Labute approximate surface area is 96.0 Å². The Bertz CT molecular complexity index is 507. The number of nitro groups is 1. The predicted molar refractivity (Wildman–Crippen MR) is 56.4 cm³/mol. The molecule has 0 heterocycles. The molecule has 0 saturated carbocycles. The van der Waals surface area contributed by atoms with E-state index in [1.54, 1.807) is 6.07 Å². The first-order chi connectivity index (χ1) is 7.51. The van der Waals surface area contributed by atoms with Gasteiger partial charge in [-0.05, 0) is 6.07 Å². The minimum atomic E-state index is -0.920. The van der Waals surface area contributed by atoms with Crippen LogP contribution in [0.1, 0.15) is 15.9 Å². The van der Waals surface area contributed by atoms with Crippen LogP contribution in [0.3, 0.4) is 0 Å². The molecule has 16 heavy (non-hydrogen) atoms. The Balaban J connectivity index is 3.59. The second kappa shape index (κ2) is 4.63. The van der Waals surface area contributed by atoms with Gasteiger partial charge in [0.15, 0.2) is 5.56 Å². The first kappa shape index (κ1) is 12.0. The summed E-state index contributed by atoms with van der Waals surface area (Å²) in [5.74, 6) is -0.920. The van der Waals surface area contributed by atoms with Crippen LogP contribution in [0.2, 0.25) is 0 Å². The summed E-state index contributed by atoms with van der Waals surface area (Å²) in [7, 11) is 1.09. The molecule has 0 saturated heterocycles. The van der Waals surface area contributed by atoms with E-state index in [1.807, 2.05) is 0 Å². The molecule has 0 aliphatic heterocycles. The fraction of sp³-hybridized carbons (Fsp3) is 0.111. The number of thiol groups is 1. The summed E-state index contributed by atoms with van der Waals surface area (Å²) >= 11 is 3.91. The van der Waals surface area contributed by atoms with Gasteiger partial charge in [-0.1, -0.05) is 0 Å². The minimum absolute atomic E-state index is 0.133. The van der Waals surface area contributed by atoms with Crippen molar-refractivity contribution in [1.29, 1.82) is 5.26 Å². The lowest BCUT2D eigenvalue weighted by Gasteiger charge is -2.03. The van der Waals surface area contributed by atoms with E-state index in [0.29, 0.717) is 0 Å². The second-order valence-corrected chi connectivity index (χ2v) is 3.26. The number of hydrogen-bond acceptors (Lipinski definition) is 6. The lowest BCUT2D eigenvalue weighted by molar-refractivity contribution is -0.385. The summed E-state index contributed by atoms with van der Waals surface area (Å²) in [5, 5.41) is 19.5. The van der Waals surface area contributed by atoms with Crippen molar-refractivity contribution in [2.24, 2.45) is 0 Å². The monoisotopic (exact) mass is 238 g/mol. The highest BCUT2D eigenvalue weighted by molar-refractivity contribution is 7.80. The number of nitro benzene ring substituents is 1. The maximum Gasteiger partial charge on any atom is 0.346 e. The fourth-order valence-corrected chi connectivity index (χ4v) is 1.41. The third-order valence-electron chi connectivity index (χ3n) is 1.81. The van der Waals surface area contributed by atoms with Gasteiger partial charge < -0.3 is 4.74 Å². The van der Waals surface area contributed by atoms with Crippen LogP contribution in [0.5, 0.6) is 0 Å². The molecule has 7 heteroatoms. The lowest BCUT2D eigenvalue weighted by Crippen LogP contribution is -2.08. The van der Waals surface area contributed by atoms with Crippen LogP contribution in [-0.2, 0) is 4.74 Å². The number of methoxy groups -OCH3 is 1. The van der Waals surface area contributed by atoms with E-state index in [-0.39, 0.29) is 16.0 Å². The molecule has 0 aliphatic carbocycles. The van der Waals surface area contributed by atoms with Gasteiger partial charge in [0, 0.05) is 11.0 Å². The summed E-state index contributed by atoms with van der Waals surface area (Å²) < 4.78 is 4.39. The van der Waals surface area contributed by atoms with E-state index in [9.17, 15) is 14.9 Å². The van der Waals surface area contributed by atoms with E-state index in [2.05, 4.69) is 17.4 Å². The number of ether oxygens (including phenoxy) is 1. The van der Waals surface area contributed by atoms with Gasteiger partial charge in [0.2, 0.25) is 0 Å². The predicted octanol–water partition coefficient (Wildman–Crippen LogP) is 1.54. The number of carbonyl (C=O) groups is 1. The third-order valence-corrected chi connectivity index (χ3v) is 2.07. The van der Waals surface area contributed by atoms with Gasteiger partial charge in [-0.2, -0.15) is 5.26 Å². The van der Waals surface area contributed by atoms with Crippen LogP contribution in [0.15, 0.2) is 17.0 Å². The Morgan fingerprint density at radius 3 is 2.69 bits per heavy atom. The Morgan fingerprint density at radius 1 is 1.62 bits per heavy atom. The number of hydrogen-bond donors (Lipinski definition) is 1. The van der Waals surface area contributed by atoms with Gasteiger partial charge in [-0.3, -0.25) is 10.1 Å². The van der Waals surface area contributed by atoms with E-state index in [0.717, 1.165) is 13.2 Å². The van der Waals surface area contributed by atoms with Gasteiger partial charge in [0.1, 0.15) is 6.07 Å². The molecule has 6 nitrogen and oxygen atoms in total. The molecule has 0 aromatic heterocycles. The van der Waals surface area contributed by atoms with Crippen LogP contribution in [0.4, 0.5) is 5.69 Å². The molecule has 0 aliphatic rings. The summed E-state index contributed by atoms with van der Waals surface area (Å²) in [6.45, 7) is 0. The highest BCUT2D eigenvalue weighted by Gasteiger charge is 2.25. The summed E-state index contributed by atoms with van der Waals surface area (Å²) in [5.41, 5.74) is -0.977. The molecule has 0 spiro atoms. The number of nitriles is 1. The molecule has 0 bridgehead atoms. The SMILES string of the molecule is COC(=O)c1c(C#N)cc(S)cc1[N+](=O)[O-]. The molecule has 0 amide bonds. The Morgan fingerprint density at radius 2 is 2.25 bits per heavy atom. The van der Waals surface area contributed by atoms with Crippen LogP contribution in [0, 0.1) is 21.4 Å². The van der Waals surface area contributed by atoms with Crippen molar-refractivity contribution in [2.45, 2.75) is 4.90 Å². The van der Waals surface area contributed by atoms with Crippen molar-refractivity contribution in [1.82, 2.24) is 0 Å². The van der Waals surface area contributed by atoms with Crippen molar-refractivity contribution < 1.29 is 14.5 Å². The number of carbonyl (C=O) groups excluding carboxylic acids is 1. The van der Waals surface area contributed by atoms with Crippen molar-refractivity contribution in [3.63, 3.8) is 0 Å². The summed E-state index contributed by atoms with van der Waals surface area (Å²) in [6.07, 6.45) is 0. The second-order valence-electron chi connectivity index (χ2n) is 2.75. The largest absolute Gasteiger partial charge is 0.465 e. The smallest absolute Gasteiger partial charge is 0.346 e. The van der Waals surface area contributed by atoms with E-state index < -0.39 is 16.6 Å². The number of benzene rings is 1. The normalized spacial score (nSPS) is 9.31. The van der Waals surface area contributed by atoms with Crippen LogP contribution in [0.25, 0.3) is 0 Å². The topological polar surface area (TPSA) is 93.2 Å². The van der Waals surface area contributed by atoms with Gasteiger partial charge in [-0.15, -0.1) is 12.6 Å². The quantitative estimate of drug-likeness (QED) is 0.365. The Kier molecular flexibility index (Phi) is 3.48. The van der Waals surface area contributed by atoms with Gasteiger partial charge in [-0.25, -0.2) is 4.79 Å². The van der Waals surface area contributed by atoms with E-state index in [1.165, 1.54) is 6.07 Å². The molecule has 0 unspecified atom stereocenters. The molecule has 1 aromatic carbocycles. The number of esters is 1. The van der Waals surface area contributed by atoms with Gasteiger partial charge >= 0.3 is 5.97 Å². The van der Waals surface area contributed by atoms with Gasteiger partial charge in [0.05, 0.1) is 17.6 Å². The zero-order chi connectivity index (χ0) is 12.3. The van der Waals surface area contributed by atoms with Crippen molar-refractivity contribution in [2.75, 3.05) is 7.11 Å². The molecular weight excluding hydrogens is 232 g/mol. The van der Waals surface area contributed by atoms with Crippen molar-refractivity contribution in [3.05, 3.63) is 33.4 Å². The lowest BCUT2D eigenvalue weighted by atomic mass is 10.1. The van der Waals surface area contributed by atoms with Crippen molar-refractivity contribution in [3.8, 4) is 6.07 Å². The fourth-order valence-electron chi connectivity index (χ4n) is 1.16.